The largest absolute Gasteiger partial charge is 0.489 e. The SMILES string of the molecule is CCNCc1nc(C)ccc1OCC(O)CC. The van der Waals surface area contributed by atoms with E-state index in [9.17, 15) is 5.11 Å². The zero-order chi connectivity index (χ0) is 12.7. The maximum Gasteiger partial charge on any atom is 0.142 e. The molecule has 1 atom stereocenters. The van der Waals surface area contributed by atoms with Crippen LogP contribution < -0.4 is 10.1 Å². The van der Waals surface area contributed by atoms with Crippen molar-refractivity contribution >= 4 is 0 Å². The molecule has 0 bridgehead atoms. The van der Waals surface area contributed by atoms with Crippen LogP contribution >= 0.6 is 0 Å². The molecule has 4 nitrogen and oxygen atoms in total. The molecule has 96 valence electrons. The zero-order valence-electron chi connectivity index (χ0n) is 10.9. The molecule has 17 heavy (non-hydrogen) atoms. The normalized spacial score (nSPS) is 12.5. The highest BCUT2D eigenvalue weighted by Crippen LogP contribution is 2.17. The summed E-state index contributed by atoms with van der Waals surface area (Å²) < 4.78 is 5.59. The van der Waals surface area contributed by atoms with Gasteiger partial charge in [0.25, 0.3) is 0 Å². The molecule has 0 aliphatic heterocycles. The average Bonchev–Trinajstić information content (AvgIpc) is 2.34. The molecule has 0 aliphatic carbocycles. The number of aliphatic hydroxyl groups is 1. The van der Waals surface area contributed by atoms with Crippen molar-refractivity contribution in [1.29, 1.82) is 0 Å². The molecule has 0 aromatic carbocycles. The van der Waals surface area contributed by atoms with Crippen LogP contribution in [0, 0.1) is 6.92 Å². The Kier molecular flexibility index (Phi) is 5.94. The van der Waals surface area contributed by atoms with Gasteiger partial charge >= 0.3 is 0 Å². The summed E-state index contributed by atoms with van der Waals surface area (Å²) in [5.41, 5.74) is 1.87. The minimum Gasteiger partial charge on any atom is -0.489 e. The first-order valence-electron chi connectivity index (χ1n) is 6.15. The Labute approximate surface area is 103 Å². The van der Waals surface area contributed by atoms with E-state index in [4.69, 9.17) is 4.74 Å². The monoisotopic (exact) mass is 238 g/mol. The van der Waals surface area contributed by atoms with Crippen LogP contribution in [0.5, 0.6) is 5.75 Å². The van der Waals surface area contributed by atoms with Crippen LogP contribution in [0.25, 0.3) is 0 Å². The second-order valence-corrected chi connectivity index (χ2v) is 4.05. The molecule has 1 unspecified atom stereocenters. The van der Waals surface area contributed by atoms with E-state index in [0.717, 1.165) is 23.7 Å². The van der Waals surface area contributed by atoms with Crippen molar-refractivity contribution in [3.63, 3.8) is 0 Å². The highest BCUT2D eigenvalue weighted by Gasteiger charge is 2.08. The van der Waals surface area contributed by atoms with Gasteiger partial charge in [0.1, 0.15) is 12.4 Å². The zero-order valence-corrected chi connectivity index (χ0v) is 10.9. The molecule has 2 N–H and O–H groups in total. The topological polar surface area (TPSA) is 54.4 Å². The number of hydrogen-bond donors (Lipinski definition) is 2. The van der Waals surface area contributed by atoms with Crippen LogP contribution in [0.4, 0.5) is 0 Å². The minimum atomic E-state index is -0.414. The van der Waals surface area contributed by atoms with Crippen molar-refractivity contribution in [1.82, 2.24) is 10.3 Å². The van der Waals surface area contributed by atoms with Gasteiger partial charge in [-0.1, -0.05) is 13.8 Å². The number of hydrogen-bond acceptors (Lipinski definition) is 4. The Morgan fingerprint density at radius 3 is 2.82 bits per heavy atom. The number of rotatable bonds is 7. The standard InChI is InChI=1S/C13H22N2O2/c1-4-11(16)9-17-13-7-6-10(3)15-12(13)8-14-5-2/h6-7,11,14,16H,4-5,8-9H2,1-3H3. The molecule has 0 saturated heterocycles. The van der Waals surface area contributed by atoms with E-state index in [0.29, 0.717) is 19.6 Å². The van der Waals surface area contributed by atoms with Gasteiger partial charge in [-0.25, -0.2) is 0 Å². The van der Waals surface area contributed by atoms with E-state index in [1.165, 1.54) is 0 Å². The van der Waals surface area contributed by atoms with Gasteiger partial charge in [0.15, 0.2) is 0 Å². The molecular formula is C13H22N2O2. The van der Waals surface area contributed by atoms with Crippen LogP contribution in [0.3, 0.4) is 0 Å². The van der Waals surface area contributed by atoms with Gasteiger partial charge in [-0.15, -0.1) is 0 Å². The molecule has 0 fully saturated rings. The molecule has 0 spiro atoms. The van der Waals surface area contributed by atoms with Crippen LogP contribution in [0.15, 0.2) is 12.1 Å². The molecular weight excluding hydrogens is 216 g/mol. The lowest BCUT2D eigenvalue weighted by molar-refractivity contribution is 0.103. The fraction of sp³-hybridized carbons (Fsp3) is 0.615. The number of aliphatic hydroxyl groups excluding tert-OH is 1. The van der Waals surface area contributed by atoms with Crippen molar-refractivity contribution in [2.24, 2.45) is 0 Å². The maximum absolute atomic E-state index is 9.48. The van der Waals surface area contributed by atoms with Gasteiger partial charge in [0.2, 0.25) is 0 Å². The summed E-state index contributed by atoms with van der Waals surface area (Å²) in [6, 6.07) is 3.83. The lowest BCUT2D eigenvalue weighted by Gasteiger charge is -2.14. The fourth-order valence-electron chi connectivity index (χ4n) is 1.40. The van der Waals surface area contributed by atoms with E-state index in [1.54, 1.807) is 0 Å². The van der Waals surface area contributed by atoms with Crippen LogP contribution in [0.1, 0.15) is 31.7 Å². The Hall–Kier alpha value is -1.13. The van der Waals surface area contributed by atoms with E-state index in [-0.39, 0.29) is 0 Å². The first-order chi connectivity index (χ1) is 8.17. The second kappa shape index (κ2) is 7.25. The van der Waals surface area contributed by atoms with Crippen molar-refractivity contribution < 1.29 is 9.84 Å². The Morgan fingerprint density at radius 2 is 2.18 bits per heavy atom. The molecule has 1 aromatic rings. The summed E-state index contributed by atoms with van der Waals surface area (Å²) in [7, 11) is 0. The lowest BCUT2D eigenvalue weighted by Crippen LogP contribution is -2.19. The van der Waals surface area contributed by atoms with Gasteiger partial charge < -0.3 is 15.2 Å². The van der Waals surface area contributed by atoms with Crippen molar-refractivity contribution in [2.45, 2.75) is 39.8 Å². The van der Waals surface area contributed by atoms with E-state index in [2.05, 4.69) is 17.2 Å². The predicted molar refractivity (Wildman–Crippen MR) is 68.1 cm³/mol. The molecule has 1 heterocycles. The number of ether oxygens (including phenoxy) is 1. The maximum atomic E-state index is 9.48. The van der Waals surface area contributed by atoms with Gasteiger partial charge in [0, 0.05) is 12.2 Å². The Balaban J connectivity index is 2.68. The molecule has 1 aromatic heterocycles. The highest BCUT2D eigenvalue weighted by molar-refractivity contribution is 5.29. The fourth-order valence-corrected chi connectivity index (χ4v) is 1.40. The van der Waals surface area contributed by atoms with Gasteiger partial charge in [-0.2, -0.15) is 0 Å². The van der Waals surface area contributed by atoms with E-state index >= 15 is 0 Å². The first kappa shape index (κ1) is 13.9. The average molecular weight is 238 g/mol. The van der Waals surface area contributed by atoms with Gasteiger partial charge in [-0.05, 0) is 32.0 Å². The number of nitrogens with one attached hydrogen (secondary N) is 1. The lowest BCUT2D eigenvalue weighted by atomic mass is 10.2. The van der Waals surface area contributed by atoms with Gasteiger partial charge in [0.05, 0.1) is 11.8 Å². The number of aromatic nitrogens is 1. The smallest absolute Gasteiger partial charge is 0.142 e. The summed E-state index contributed by atoms with van der Waals surface area (Å²) in [6.07, 6.45) is 0.283. The minimum absolute atomic E-state index is 0.320. The van der Waals surface area contributed by atoms with Crippen molar-refractivity contribution in [3.8, 4) is 5.75 Å². The van der Waals surface area contributed by atoms with Gasteiger partial charge in [-0.3, -0.25) is 4.98 Å². The summed E-state index contributed by atoms with van der Waals surface area (Å²) in [6.45, 7) is 7.85. The molecule has 0 aliphatic rings. The summed E-state index contributed by atoms with van der Waals surface area (Å²) in [5.74, 6) is 0.754. The van der Waals surface area contributed by atoms with Crippen LogP contribution in [-0.2, 0) is 6.54 Å². The molecule has 1 rings (SSSR count). The second-order valence-electron chi connectivity index (χ2n) is 4.05. The highest BCUT2D eigenvalue weighted by atomic mass is 16.5. The molecule has 0 saturated carbocycles. The van der Waals surface area contributed by atoms with Crippen LogP contribution in [-0.4, -0.2) is 29.3 Å². The van der Waals surface area contributed by atoms with E-state index < -0.39 is 6.10 Å². The molecule has 0 radical (unpaired) electrons. The Bertz CT molecular complexity index is 342. The van der Waals surface area contributed by atoms with E-state index in [1.807, 2.05) is 26.0 Å². The number of aryl methyl sites for hydroxylation is 1. The van der Waals surface area contributed by atoms with Crippen LogP contribution in [0.2, 0.25) is 0 Å². The third-order valence-electron chi connectivity index (χ3n) is 2.52. The summed E-state index contributed by atoms with van der Waals surface area (Å²) >= 11 is 0. The molecule has 4 heteroatoms. The predicted octanol–water partition coefficient (Wildman–Crippen LogP) is 1.65. The third-order valence-corrected chi connectivity index (χ3v) is 2.52. The Morgan fingerprint density at radius 1 is 1.41 bits per heavy atom. The summed E-state index contributed by atoms with van der Waals surface area (Å²) in [5, 5.41) is 12.7. The quantitative estimate of drug-likeness (QED) is 0.758. The first-order valence-corrected chi connectivity index (χ1v) is 6.15. The number of pyridine rings is 1. The number of nitrogens with zero attached hydrogens (tertiary/aromatic N) is 1. The molecule has 0 amide bonds. The van der Waals surface area contributed by atoms with Crippen molar-refractivity contribution in [3.05, 3.63) is 23.5 Å². The summed E-state index contributed by atoms with van der Waals surface area (Å²) in [4.78, 5) is 4.45. The van der Waals surface area contributed by atoms with Crippen molar-refractivity contribution in [2.75, 3.05) is 13.2 Å². The third kappa shape index (κ3) is 4.71.